The van der Waals surface area contributed by atoms with Crippen molar-refractivity contribution in [1.82, 2.24) is 5.32 Å². The summed E-state index contributed by atoms with van der Waals surface area (Å²) in [6, 6.07) is 17.4. The van der Waals surface area contributed by atoms with E-state index in [1.165, 1.54) is 23.8 Å². The van der Waals surface area contributed by atoms with E-state index in [9.17, 15) is 4.79 Å². The molecule has 1 unspecified atom stereocenters. The van der Waals surface area contributed by atoms with Crippen molar-refractivity contribution in [2.45, 2.75) is 58.5 Å². The van der Waals surface area contributed by atoms with Gasteiger partial charge in [0, 0.05) is 12.1 Å². The summed E-state index contributed by atoms with van der Waals surface area (Å²) in [5.74, 6) is 0.773. The normalized spacial score (nSPS) is 14.2. The molecule has 0 amide bonds. The Balaban J connectivity index is 1.79. The van der Waals surface area contributed by atoms with Crippen LogP contribution in [0.5, 0.6) is 5.75 Å². The van der Waals surface area contributed by atoms with Gasteiger partial charge < -0.3 is 14.8 Å². The Labute approximate surface area is 169 Å². The van der Waals surface area contributed by atoms with E-state index >= 15 is 0 Å². The van der Waals surface area contributed by atoms with Crippen LogP contribution in [-0.4, -0.2) is 25.7 Å². The summed E-state index contributed by atoms with van der Waals surface area (Å²) in [7, 11) is 1.36. The minimum Gasteiger partial charge on any atom is -0.482 e. The molecular formula is C24H33NO3. The fraction of sp³-hybridized carbons (Fsp3) is 0.458. The number of hydrogen-bond donors (Lipinski definition) is 1. The summed E-state index contributed by atoms with van der Waals surface area (Å²) in [5, 5.41) is 3.71. The van der Waals surface area contributed by atoms with Crippen LogP contribution < -0.4 is 10.1 Å². The number of nitrogens with one attached hydrogen (secondary N) is 1. The molecule has 0 saturated carbocycles. The van der Waals surface area contributed by atoms with Crippen LogP contribution in [0.2, 0.25) is 0 Å². The van der Waals surface area contributed by atoms with Crippen LogP contribution in [0.4, 0.5) is 0 Å². The van der Waals surface area contributed by atoms with Gasteiger partial charge in [-0.25, -0.2) is 4.79 Å². The molecule has 2 rings (SSSR count). The maximum Gasteiger partial charge on any atom is 0.343 e. The third-order valence-corrected chi connectivity index (χ3v) is 5.14. The molecule has 2 aromatic rings. The highest BCUT2D eigenvalue weighted by Gasteiger charge is 2.12. The third kappa shape index (κ3) is 7.01. The SMILES string of the molecule is COC(=O)COc1ccc([C@@H](C)CCC(C)N[C@H](C)c2cccc(C)c2)cc1. The maximum atomic E-state index is 11.1. The van der Waals surface area contributed by atoms with Crippen molar-refractivity contribution in [1.29, 1.82) is 0 Å². The average Bonchev–Trinajstić information content (AvgIpc) is 2.70. The zero-order chi connectivity index (χ0) is 20.5. The highest BCUT2D eigenvalue weighted by molar-refractivity contribution is 5.70. The van der Waals surface area contributed by atoms with Crippen molar-refractivity contribution in [3.8, 4) is 5.75 Å². The lowest BCUT2D eigenvalue weighted by Gasteiger charge is -2.22. The number of benzene rings is 2. The Morgan fingerprint density at radius 1 is 1.00 bits per heavy atom. The predicted octanol–water partition coefficient (Wildman–Crippen LogP) is 5.17. The Kier molecular flexibility index (Phi) is 8.52. The summed E-state index contributed by atoms with van der Waals surface area (Å²) >= 11 is 0. The van der Waals surface area contributed by atoms with Gasteiger partial charge in [0.15, 0.2) is 6.61 Å². The predicted molar refractivity (Wildman–Crippen MR) is 114 cm³/mol. The summed E-state index contributed by atoms with van der Waals surface area (Å²) < 4.78 is 9.98. The van der Waals surface area contributed by atoms with Gasteiger partial charge in [-0.1, -0.05) is 48.9 Å². The van der Waals surface area contributed by atoms with Crippen molar-refractivity contribution in [3.63, 3.8) is 0 Å². The molecule has 3 atom stereocenters. The molecule has 0 saturated heterocycles. The van der Waals surface area contributed by atoms with Crippen molar-refractivity contribution in [2.75, 3.05) is 13.7 Å². The molecule has 4 nitrogen and oxygen atoms in total. The van der Waals surface area contributed by atoms with Gasteiger partial charge in [0.25, 0.3) is 0 Å². The molecule has 0 heterocycles. The molecule has 0 fully saturated rings. The number of aryl methyl sites for hydroxylation is 1. The van der Waals surface area contributed by atoms with Crippen LogP contribution in [0.15, 0.2) is 48.5 Å². The summed E-state index contributed by atoms with van der Waals surface area (Å²) in [4.78, 5) is 11.1. The molecule has 0 bridgehead atoms. The second-order valence-electron chi connectivity index (χ2n) is 7.62. The highest BCUT2D eigenvalue weighted by atomic mass is 16.6. The fourth-order valence-electron chi connectivity index (χ4n) is 3.31. The molecule has 0 radical (unpaired) electrons. The molecule has 28 heavy (non-hydrogen) atoms. The van der Waals surface area contributed by atoms with Gasteiger partial charge >= 0.3 is 5.97 Å². The minimum absolute atomic E-state index is 0.0618. The van der Waals surface area contributed by atoms with Gasteiger partial charge in [-0.05, 0) is 62.8 Å². The van der Waals surface area contributed by atoms with Crippen LogP contribution in [-0.2, 0) is 9.53 Å². The van der Waals surface area contributed by atoms with E-state index in [0.29, 0.717) is 23.8 Å². The first kappa shape index (κ1) is 22.0. The van der Waals surface area contributed by atoms with Crippen molar-refractivity contribution in [2.24, 2.45) is 0 Å². The van der Waals surface area contributed by atoms with E-state index in [0.717, 1.165) is 12.8 Å². The zero-order valence-corrected chi connectivity index (χ0v) is 17.7. The average molecular weight is 384 g/mol. The van der Waals surface area contributed by atoms with Gasteiger partial charge in [0.2, 0.25) is 0 Å². The molecule has 0 aliphatic rings. The van der Waals surface area contributed by atoms with Gasteiger partial charge in [0.1, 0.15) is 5.75 Å². The topological polar surface area (TPSA) is 47.6 Å². The quantitative estimate of drug-likeness (QED) is 0.575. The molecule has 1 N–H and O–H groups in total. The molecule has 4 heteroatoms. The molecule has 0 aliphatic heterocycles. The number of rotatable bonds is 10. The lowest BCUT2D eigenvalue weighted by atomic mass is 9.94. The summed E-state index contributed by atoms with van der Waals surface area (Å²) in [5.41, 5.74) is 3.92. The minimum atomic E-state index is -0.376. The Morgan fingerprint density at radius 2 is 1.71 bits per heavy atom. The standard InChI is InChI=1S/C24H33NO3/c1-17-7-6-8-22(15-17)20(4)25-19(3)10-9-18(2)21-11-13-23(14-12-21)28-16-24(26)27-5/h6-8,11-15,18-20,25H,9-10,16H2,1-5H3/t18-,19?,20+/m0/s1. The molecule has 0 aliphatic carbocycles. The van der Waals surface area contributed by atoms with Crippen LogP contribution in [0.3, 0.4) is 0 Å². The molecule has 152 valence electrons. The smallest absolute Gasteiger partial charge is 0.343 e. The number of methoxy groups -OCH3 is 1. The third-order valence-electron chi connectivity index (χ3n) is 5.14. The van der Waals surface area contributed by atoms with E-state index in [-0.39, 0.29) is 12.6 Å². The number of carbonyl (C=O) groups excluding carboxylic acids is 1. The summed E-state index contributed by atoms with van der Waals surface area (Å²) in [6.07, 6.45) is 2.22. The van der Waals surface area contributed by atoms with Crippen LogP contribution in [0, 0.1) is 6.92 Å². The second kappa shape index (κ2) is 10.9. The van der Waals surface area contributed by atoms with Gasteiger partial charge in [-0.3, -0.25) is 0 Å². The lowest BCUT2D eigenvalue weighted by Crippen LogP contribution is -2.29. The number of ether oxygens (including phenoxy) is 2. The van der Waals surface area contributed by atoms with E-state index in [1.54, 1.807) is 0 Å². The zero-order valence-electron chi connectivity index (χ0n) is 17.7. The highest BCUT2D eigenvalue weighted by Crippen LogP contribution is 2.24. The van der Waals surface area contributed by atoms with E-state index in [2.05, 4.69) is 74.1 Å². The Hall–Kier alpha value is -2.33. The molecule has 2 aromatic carbocycles. The van der Waals surface area contributed by atoms with Crippen molar-refractivity contribution in [3.05, 3.63) is 65.2 Å². The molecule has 0 aromatic heterocycles. The van der Waals surface area contributed by atoms with Gasteiger partial charge in [0.05, 0.1) is 7.11 Å². The first-order valence-corrected chi connectivity index (χ1v) is 10.0. The van der Waals surface area contributed by atoms with E-state index in [1.807, 2.05) is 12.1 Å². The van der Waals surface area contributed by atoms with Crippen molar-refractivity contribution >= 4 is 5.97 Å². The van der Waals surface area contributed by atoms with Crippen LogP contribution in [0.25, 0.3) is 0 Å². The van der Waals surface area contributed by atoms with Crippen LogP contribution in [0.1, 0.15) is 62.3 Å². The maximum absolute atomic E-state index is 11.1. The fourth-order valence-corrected chi connectivity index (χ4v) is 3.31. The lowest BCUT2D eigenvalue weighted by molar-refractivity contribution is -0.142. The van der Waals surface area contributed by atoms with E-state index in [4.69, 9.17) is 4.74 Å². The number of esters is 1. The van der Waals surface area contributed by atoms with Crippen LogP contribution >= 0.6 is 0 Å². The van der Waals surface area contributed by atoms with E-state index < -0.39 is 0 Å². The monoisotopic (exact) mass is 383 g/mol. The largest absolute Gasteiger partial charge is 0.482 e. The van der Waals surface area contributed by atoms with Gasteiger partial charge in [-0.2, -0.15) is 0 Å². The first-order chi connectivity index (χ1) is 13.4. The van der Waals surface area contributed by atoms with Gasteiger partial charge in [-0.15, -0.1) is 0 Å². The Morgan fingerprint density at radius 3 is 2.36 bits per heavy atom. The first-order valence-electron chi connectivity index (χ1n) is 10.0. The second-order valence-corrected chi connectivity index (χ2v) is 7.62. The number of carbonyl (C=O) groups is 1. The number of hydrogen-bond acceptors (Lipinski definition) is 4. The Bertz CT molecular complexity index is 742. The van der Waals surface area contributed by atoms with Crippen molar-refractivity contribution < 1.29 is 14.3 Å². The summed E-state index contributed by atoms with van der Waals surface area (Å²) in [6.45, 7) is 8.80. The molecular weight excluding hydrogens is 350 g/mol. The molecule has 0 spiro atoms.